The largest absolute Gasteiger partial charge is 0.493 e. The molecule has 0 unspecified atom stereocenters. The van der Waals surface area contributed by atoms with Gasteiger partial charge < -0.3 is 24.1 Å². The molecule has 0 saturated heterocycles. The average molecular weight is 402 g/mol. The zero-order valence-corrected chi connectivity index (χ0v) is 17.0. The lowest BCUT2D eigenvalue weighted by atomic mass is 10.2. The zero-order chi connectivity index (χ0) is 21.1. The third kappa shape index (κ3) is 3.53. The molecule has 0 fully saturated rings. The molecule has 2 aromatic carbocycles. The summed E-state index contributed by atoms with van der Waals surface area (Å²) in [6, 6.07) is 13.7. The lowest BCUT2D eigenvalue weighted by Crippen LogP contribution is -2.01. The highest BCUT2D eigenvalue weighted by Crippen LogP contribution is 2.40. The molecule has 0 bridgehead atoms. The fourth-order valence-corrected chi connectivity index (χ4v) is 3.27. The van der Waals surface area contributed by atoms with Crippen LogP contribution < -0.4 is 19.5 Å². The molecule has 0 spiro atoms. The molecule has 0 aliphatic carbocycles. The highest BCUT2D eigenvalue weighted by atomic mass is 16.5. The topological polar surface area (TPSA) is 70.4 Å². The number of nitrogens with one attached hydrogen (secondary N) is 1. The smallest absolute Gasteiger partial charge is 0.229 e. The molecule has 7 nitrogen and oxygen atoms in total. The average Bonchev–Trinajstić information content (AvgIpc) is 3.21. The molecule has 4 rings (SSSR count). The summed E-state index contributed by atoms with van der Waals surface area (Å²) < 4.78 is 18.2. The number of rotatable bonds is 7. The Kier molecular flexibility index (Phi) is 5.26. The van der Waals surface area contributed by atoms with Crippen molar-refractivity contribution < 1.29 is 14.2 Å². The van der Waals surface area contributed by atoms with Crippen molar-refractivity contribution in [3.05, 3.63) is 67.0 Å². The highest BCUT2D eigenvalue weighted by Gasteiger charge is 2.14. The summed E-state index contributed by atoms with van der Waals surface area (Å²) in [4.78, 5) is 9.15. The van der Waals surface area contributed by atoms with Gasteiger partial charge in [-0.2, -0.15) is 4.98 Å². The minimum absolute atomic E-state index is 0.455. The molecule has 152 valence electrons. The van der Waals surface area contributed by atoms with Gasteiger partial charge in [-0.05, 0) is 23.8 Å². The summed E-state index contributed by atoms with van der Waals surface area (Å²) >= 11 is 0. The number of ether oxygens (including phenoxy) is 3. The number of methoxy groups -OCH3 is 3. The van der Waals surface area contributed by atoms with Crippen molar-refractivity contribution in [2.75, 3.05) is 26.6 Å². The molecule has 2 heterocycles. The second-order valence-corrected chi connectivity index (χ2v) is 6.50. The first-order valence-corrected chi connectivity index (χ1v) is 9.31. The Bertz CT molecular complexity index is 1190. The Morgan fingerprint density at radius 2 is 1.77 bits per heavy atom. The molecule has 0 aliphatic rings. The quantitative estimate of drug-likeness (QED) is 0.477. The Labute approximate surface area is 174 Å². The predicted octanol–water partition coefficient (Wildman–Crippen LogP) is 4.83. The van der Waals surface area contributed by atoms with Crippen LogP contribution in [0.3, 0.4) is 0 Å². The van der Waals surface area contributed by atoms with Gasteiger partial charge in [0.1, 0.15) is 5.65 Å². The van der Waals surface area contributed by atoms with Crippen LogP contribution in [0.15, 0.2) is 61.4 Å². The van der Waals surface area contributed by atoms with E-state index in [0.29, 0.717) is 23.2 Å². The summed E-state index contributed by atoms with van der Waals surface area (Å²) in [5, 5.41) is 4.16. The Balaban J connectivity index is 1.73. The number of benzene rings is 2. The lowest BCUT2D eigenvalue weighted by molar-refractivity contribution is 0.324. The molecule has 7 heteroatoms. The van der Waals surface area contributed by atoms with Crippen molar-refractivity contribution in [1.82, 2.24) is 14.5 Å². The predicted molar refractivity (Wildman–Crippen MR) is 118 cm³/mol. The van der Waals surface area contributed by atoms with Gasteiger partial charge in [-0.15, -0.1) is 0 Å². The second kappa shape index (κ2) is 8.16. The maximum Gasteiger partial charge on any atom is 0.229 e. The van der Waals surface area contributed by atoms with E-state index in [1.807, 2.05) is 53.2 Å². The first-order valence-electron chi connectivity index (χ1n) is 9.31. The summed E-state index contributed by atoms with van der Waals surface area (Å²) in [7, 11) is 4.72. The molecule has 30 heavy (non-hydrogen) atoms. The number of fused-ring (bicyclic) bond motifs is 1. The number of anilines is 2. The number of nitrogens with zero attached hydrogens (tertiary/aromatic N) is 3. The van der Waals surface area contributed by atoms with Crippen molar-refractivity contribution in [3.8, 4) is 22.9 Å². The molecular weight excluding hydrogens is 380 g/mol. The number of aromatic nitrogens is 3. The van der Waals surface area contributed by atoms with Gasteiger partial charge in [-0.25, -0.2) is 4.98 Å². The molecule has 1 N–H and O–H groups in total. The van der Waals surface area contributed by atoms with Gasteiger partial charge in [-0.3, -0.25) is 0 Å². The number of hydrogen-bond acceptors (Lipinski definition) is 6. The van der Waals surface area contributed by atoms with Gasteiger partial charge >= 0.3 is 0 Å². The van der Waals surface area contributed by atoms with Crippen molar-refractivity contribution in [2.45, 2.75) is 0 Å². The van der Waals surface area contributed by atoms with Crippen molar-refractivity contribution in [3.63, 3.8) is 0 Å². The Morgan fingerprint density at radius 1 is 1.00 bits per heavy atom. The van der Waals surface area contributed by atoms with Crippen LogP contribution in [0.1, 0.15) is 5.56 Å². The Hall–Kier alpha value is -4.00. The zero-order valence-electron chi connectivity index (χ0n) is 17.0. The van der Waals surface area contributed by atoms with Crippen LogP contribution in [0.2, 0.25) is 0 Å². The summed E-state index contributed by atoms with van der Waals surface area (Å²) in [6.07, 6.45) is 5.59. The fraction of sp³-hybridized carbons (Fsp3) is 0.130. The van der Waals surface area contributed by atoms with Crippen molar-refractivity contribution in [2.24, 2.45) is 0 Å². The molecule has 0 saturated carbocycles. The second-order valence-electron chi connectivity index (χ2n) is 6.50. The van der Waals surface area contributed by atoms with E-state index in [-0.39, 0.29) is 0 Å². The third-order valence-corrected chi connectivity index (χ3v) is 4.73. The maximum absolute atomic E-state index is 5.42. The van der Waals surface area contributed by atoms with E-state index in [0.717, 1.165) is 28.0 Å². The van der Waals surface area contributed by atoms with Gasteiger partial charge in [0.2, 0.25) is 11.7 Å². The van der Waals surface area contributed by atoms with E-state index in [1.165, 1.54) is 0 Å². The van der Waals surface area contributed by atoms with Gasteiger partial charge in [0.15, 0.2) is 11.5 Å². The monoisotopic (exact) mass is 402 g/mol. The molecule has 4 aromatic rings. The van der Waals surface area contributed by atoms with Crippen LogP contribution in [0.25, 0.3) is 22.8 Å². The van der Waals surface area contributed by atoms with Crippen LogP contribution in [-0.4, -0.2) is 35.9 Å². The summed E-state index contributed by atoms with van der Waals surface area (Å²) in [5.41, 5.74) is 3.55. The maximum atomic E-state index is 5.42. The first-order chi connectivity index (χ1) is 14.7. The summed E-state index contributed by atoms with van der Waals surface area (Å²) in [6.45, 7) is 3.84. The van der Waals surface area contributed by atoms with Gasteiger partial charge in [0.25, 0.3) is 0 Å². The molecule has 0 aliphatic heterocycles. The van der Waals surface area contributed by atoms with Gasteiger partial charge in [-0.1, -0.05) is 24.8 Å². The van der Waals surface area contributed by atoms with Crippen LogP contribution >= 0.6 is 0 Å². The molecule has 2 aromatic heterocycles. The van der Waals surface area contributed by atoms with Crippen LogP contribution in [0.4, 0.5) is 11.6 Å². The lowest BCUT2D eigenvalue weighted by Gasteiger charge is -2.14. The van der Waals surface area contributed by atoms with E-state index < -0.39 is 0 Å². The third-order valence-electron chi connectivity index (χ3n) is 4.73. The first kappa shape index (κ1) is 19.3. The van der Waals surface area contributed by atoms with Crippen LogP contribution in [0.5, 0.6) is 17.2 Å². The van der Waals surface area contributed by atoms with E-state index in [2.05, 4.69) is 22.9 Å². The fourth-order valence-electron chi connectivity index (χ4n) is 3.27. The van der Waals surface area contributed by atoms with Crippen molar-refractivity contribution >= 4 is 28.7 Å². The number of hydrogen-bond donors (Lipinski definition) is 1. The highest BCUT2D eigenvalue weighted by molar-refractivity contribution is 5.79. The molecule has 0 atom stereocenters. The molecule has 0 amide bonds. The van der Waals surface area contributed by atoms with E-state index >= 15 is 0 Å². The van der Waals surface area contributed by atoms with E-state index in [9.17, 15) is 0 Å². The van der Waals surface area contributed by atoms with Gasteiger partial charge in [0, 0.05) is 41.3 Å². The van der Waals surface area contributed by atoms with E-state index in [1.54, 1.807) is 27.5 Å². The standard InChI is InChI=1S/C23H22N4O3/c1-5-15-7-6-8-18(11-15)27-10-9-16-14-24-23(26-22(16)27)25-17-12-19(28-2)21(30-4)20(13-17)29-3/h5-14H,1H2,2-4H3,(H,24,25,26). The SMILES string of the molecule is C=Cc1cccc(-n2ccc3cnc(Nc4cc(OC)c(OC)c(OC)c4)nc32)c1. The van der Waals surface area contributed by atoms with Gasteiger partial charge in [0.05, 0.1) is 21.3 Å². The van der Waals surface area contributed by atoms with E-state index in [4.69, 9.17) is 19.2 Å². The summed E-state index contributed by atoms with van der Waals surface area (Å²) in [5.74, 6) is 2.07. The van der Waals surface area contributed by atoms with Crippen LogP contribution in [0, 0.1) is 0 Å². The minimum Gasteiger partial charge on any atom is -0.493 e. The van der Waals surface area contributed by atoms with Crippen LogP contribution in [-0.2, 0) is 0 Å². The molecular formula is C23H22N4O3. The molecule has 0 radical (unpaired) electrons. The van der Waals surface area contributed by atoms with Crippen molar-refractivity contribution in [1.29, 1.82) is 0 Å². The Morgan fingerprint density at radius 3 is 2.43 bits per heavy atom. The normalized spacial score (nSPS) is 10.6. The minimum atomic E-state index is 0.455.